The van der Waals surface area contributed by atoms with Gasteiger partial charge >= 0.3 is 25.7 Å². The lowest BCUT2D eigenvalue weighted by molar-refractivity contribution is -0.161. The summed E-state index contributed by atoms with van der Waals surface area (Å²) in [4.78, 5) is 46.0. The Morgan fingerprint density at radius 3 is 1.82 bits per heavy atom. The van der Waals surface area contributed by atoms with Crippen LogP contribution in [0.4, 0.5) is 0 Å². The number of phosphoric acid groups is 1. The zero-order chi connectivity index (χ0) is 40.4. The van der Waals surface area contributed by atoms with Crippen molar-refractivity contribution in [3.8, 4) is 0 Å². The fraction of sp³-hybridized carbons (Fsp3) is 0.786. The maximum atomic E-state index is 12.6. The monoisotopic (exact) mass is 799 g/mol. The number of ether oxygens (including phenoxy) is 3. The van der Waals surface area contributed by atoms with Gasteiger partial charge in [0.2, 0.25) is 0 Å². The number of carbonyl (C=O) groups excluding carboxylic acids is 2. The Morgan fingerprint density at radius 1 is 0.673 bits per heavy atom. The molecule has 0 spiro atoms. The number of carboxylic acids is 1. The number of nitrogens with two attached hydrogens (primary N) is 1. The lowest BCUT2D eigenvalue weighted by Gasteiger charge is -2.20. The fourth-order valence-corrected chi connectivity index (χ4v) is 6.64. The summed E-state index contributed by atoms with van der Waals surface area (Å²) in [5, 5.41) is 8.88. The van der Waals surface area contributed by atoms with Gasteiger partial charge in [0.05, 0.1) is 25.4 Å². The molecule has 12 nitrogen and oxygen atoms in total. The Bertz CT molecular complexity index is 1140. The van der Waals surface area contributed by atoms with E-state index in [0.29, 0.717) is 19.3 Å². The van der Waals surface area contributed by atoms with Gasteiger partial charge in [0, 0.05) is 12.8 Å². The number of carbonyl (C=O) groups is 3. The molecule has 1 rings (SSSR count). The number of carboxylic acid groups (broad SMARTS) is 1. The highest BCUT2D eigenvalue weighted by molar-refractivity contribution is 7.47. The molecular weight excluding hydrogens is 725 g/mol. The SMILES string of the molecule is CCCCC/C=C\C/C=C\C/C=C\CC1OC1CCCC(=O)OC[C@H](COP(=O)(O)OC[C@H](N)C(=O)O)OC(=O)CCCCCCCCCCCCCCC. The fourth-order valence-electron chi connectivity index (χ4n) is 5.86. The smallest absolute Gasteiger partial charge is 0.472 e. The van der Waals surface area contributed by atoms with Gasteiger partial charge in [-0.2, -0.15) is 0 Å². The van der Waals surface area contributed by atoms with E-state index in [4.69, 9.17) is 29.6 Å². The van der Waals surface area contributed by atoms with Crippen molar-refractivity contribution >= 4 is 25.7 Å². The minimum atomic E-state index is -4.73. The van der Waals surface area contributed by atoms with Gasteiger partial charge in [0.1, 0.15) is 12.6 Å². The minimum absolute atomic E-state index is 0.103. The largest absolute Gasteiger partial charge is 0.480 e. The second-order valence-electron chi connectivity index (χ2n) is 14.5. The van der Waals surface area contributed by atoms with Gasteiger partial charge in [-0.25, -0.2) is 4.57 Å². The van der Waals surface area contributed by atoms with Gasteiger partial charge in [-0.05, 0) is 51.4 Å². The second kappa shape index (κ2) is 33.8. The highest BCUT2D eigenvalue weighted by Gasteiger charge is 2.36. The molecule has 1 saturated heterocycles. The van der Waals surface area contributed by atoms with E-state index in [1.54, 1.807) is 0 Å². The number of rotatable bonds is 38. The third kappa shape index (κ3) is 31.4. The Morgan fingerprint density at radius 2 is 1.20 bits per heavy atom. The molecule has 13 heteroatoms. The van der Waals surface area contributed by atoms with Gasteiger partial charge in [0.15, 0.2) is 6.10 Å². The van der Waals surface area contributed by atoms with Crippen LogP contribution in [-0.4, -0.2) is 72.1 Å². The zero-order valence-corrected chi connectivity index (χ0v) is 34.9. The molecule has 0 radical (unpaired) electrons. The van der Waals surface area contributed by atoms with Gasteiger partial charge in [0.25, 0.3) is 0 Å². The average Bonchev–Trinajstić information content (AvgIpc) is 3.91. The van der Waals surface area contributed by atoms with Crippen molar-refractivity contribution in [1.29, 1.82) is 0 Å². The Balaban J connectivity index is 2.35. The summed E-state index contributed by atoms with van der Waals surface area (Å²) in [7, 11) is -4.73. The van der Waals surface area contributed by atoms with Gasteiger partial charge in [-0.15, -0.1) is 0 Å². The Labute approximate surface area is 331 Å². The predicted molar refractivity (Wildman–Crippen MR) is 216 cm³/mol. The normalized spacial score (nSPS) is 17.8. The van der Waals surface area contributed by atoms with E-state index in [0.717, 1.165) is 44.9 Å². The lowest BCUT2D eigenvalue weighted by atomic mass is 10.0. The number of allylic oxidation sites excluding steroid dienone is 5. The zero-order valence-electron chi connectivity index (χ0n) is 34.0. The molecule has 1 aliphatic heterocycles. The highest BCUT2D eigenvalue weighted by atomic mass is 31.2. The molecule has 318 valence electrons. The molecule has 55 heavy (non-hydrogen) atoms. The van der Waals surface area contributed by atoms with Crippen molar-refractivity contribution in [3.05, 3.63) is 36.5 Å². The number of hydrogen-bond donors (Lipinski definition) is 3. The van der Waals surface area contributed by atoms with E-state index in [1.807, 2.05) is 0 Å². The van der Waals surface area contributed by atoms with Crippen LogP contribution in [0.15, 0.2) is 36.5 Å². The first kappa shape index (κ1) is 50.7. The van der Waals surface area contributed by atoms with Crippen LogP contribution in [0.25, 0.3) is 0 Å². The molecule has 0 bridgehead atoms. The maximum absolute atomic E-state index is 12.6. The van der Waals surface area contributed by atoms with Crippen LogP contribution in [0, 0.1) is 0 Å². The molecule has 1 aliphatic rings. The van der Waals surface area contributed by atoms with Crippen LogP contribution in [0.3, 0.4) is 0 Å². The van der Waals surface area contributed by atoms with Crippen LogP contribution in [-0.2, 0) is 42.2 Å². The molecule has 0 aromatic carbocycles. The van der Waals surface area contributed by atoms with Crippen LogP contribution in [0.2, 0.25) is 0 Å². The molecule has 1 fully saturated rings. The molecule has 1 heterocycles. The molecule has 0 aliphatic carbocycles. The van der Waals surface area contributed by atoms with Crippen molar-refractivity contribution < 1.29 is 52.2 Å². The van der Waals surface area contributed by atoms with Crippen LogP contribution < -0.4 is 5.73 Å². The van der Waals surface area contributed by atoms with Crippen molar-refractivity contribution in [2.75, 3.05) is 19.8 Å². The van der Waals surface area contributed by atoms with Crippen LogP contribution in [0.5, 0.6) is 0 Å². The summed E-state index contributed by atoms with van der Waals surface area (Å²) in [5.74, 6) is -2.46. The molecule has 0 saturated carbocycles. The molecule has 0 amide bonds. The number of hydrogen-bond acceptors (Lipinski definition) is 10. The first-order chi connectivity index (χ1) is 26.6. The van der Waals surface area contributed by atoms with E-state index in [2.05, 4.69) is 54.8 Å². The van der Waals surface area contributed by atoms with Crippen molar-refractivity contribution in [2.45, 2.75) is 192 Å². The van der Waals surface area contributed by atoms with Crippen LogP contribution in [0.1, 0.15) is 168 Å². The quantitative estimate of drug-likeness (QED) is 0.0177. The summed E-state index contributed by atoms with van der Waals surface area (Å²) in [6.45, 7) is 2.69. The molecule has 3 unspecified atom stereocenters. The summed E-state index contributed by atoms with van der Waals surface area (Å²) < 4.78 is 38.4. The minimum Gasteiger partial charge on any atom is -0.480 e. The highest BCUT2D eigenvalue weighted by Crippen LogP contribution is 2.43. The topological polar surface area (TPSA) is 184 Å². The number of epoxide rings is 1. The molecule has 5 atom stereocenters. The first-order valence-corrected chi connectivity index (χ1v) is 22.6. The third-order valence-electron chi connectivity index (χ3n) is 9.32. The van der Waals surface area contributed by atoms with Crippen LogP contribution >= 0.6 is 7.82 Å². The standard InChI is InChI=1S/C42H74NO11P/c1-3-5-7-9-11-13-15-17-19-21-23-25-27-31-41(45)53-36(34-51-55(48,49)52-35-37(43)42(46)47)33-50-40(44)32-28-30-39-38(54-39)29-26-24-22-20-18-16-14-12-10-8-6-4-2/h12,14,18,20,24,26,36-39H,3-11,13,15-17,19,21-23,25,27-35,43H2,1-2H3,(H,46,47)(H,48,49)/b14-12-,20-18-,26-24-/t36-,37+,38?,39?/m1/s1. The summed E-state index contributed by atoms with van der Waals surface area (Å²) in [6.07, 6.45) is 36.6. The van der Waals surface area contributed by atoms with Crippen molar-refractivity contribution in [2.24, 2.45) is 5.73 Å². The maximum Gasteiger partial charge on any atom is 0.472 e. The number of aliphatic carboxylic acids is 1. The Kier molecular flexibility index (Phi) is 31.1. The second-order valence-corrected chi connectivity index (χ2v) is 16.0. The number of phosphoric ester groups is 1. The molecule has 4 N–H and O–H groups in total. The number of esters is 2. The van der Waals surface area contributed by atoms with Gasteiger partial charge < -0.3 is 29.9 Å². The van der Waals surface area contributed by atoms with Gasteiger partial charge in [-0.1, -0.05) is 140 Å². The first-order valence-electron chi connectivity index (χ1n) is 21.1. The number of unbranched alkanes of at least 4 members (excludes halogenated alkanes) is 15. The Hall–Kier alpha value is -2.34. The predicted octanol–water partition coefficient (Wildman–Crippen LogP) is 9.83. The van der Waals surface area contributed by atoms with Crippen molar-refractivity contribution in [1.82, 2.24) is 0 Å². The summed E-state index contributed by atoms with van der Waals surface area (Å²) in [5.41, 5.74) is 5.33. The van der Waals surface area contributed by atoms with E-state index in [9.17, 15) is 23.8 Å². The van der Waals surface area contributed by atoms with E-state index in [-0.39, 0.29) is 31.7 Å². The van der Waals surface area contributed by atoms with Crippen molar-refractivity contribution in [3.63, 3.8) is 0 Å². The average molecular weight is 800 g/mol. The molecule has 0 aromatic rings. The van der Waals surface area contributed by atoms with E-state index < -0.39 is 51.1 Å². The molecular formula is C42H74NO11P. The van der Waals surface area contributed by atoms with E-state index >= 15 is 0 Å². The third-order valence-corrected chi connectivity index (χ3v) is 10.3. The summed E-state index contributed by atoms with van der Waals surface area (Å²) >= 11 is 0. The van der Waals surface area contributed by atoms with Gasteiger partial charge in [-0.3, -0.25) is 23.4 Å². The summed E-state index contributed by atoms with van der Waals surface area (Å²) in [6, 6.07) is -1.53. The molecule has 0 aromatic heterocycles. The van der Waals surface area contributed by atoms with E-state index in [1.165, 1.54) is 77.0 Å². The lowest BCUT2D eigenvalue weighted by Crippen LogP contribution is -2.34.